The summed E-state index contributed by atoms with van der Waals surface area (Å²) in [6.45, 7) is 19.4. The average molecular weight is 1060 g/mol. The Kier molecular flexibility index (Phi) is 21.6. The van der Waals surface area contributed by atoms with Gasteiger partial charge in [-0.25, -0.2) is 9.97 Å². The van der Waals surface area contributed by atoms with Gasteiger partial charge in [-0.3, -0.25) is 29.4 Å². The highest BCUT2D eigenvalue weighted by atomic mass is 16.5. The number of rotatable bonds is 26. The maximum atomic E-state index is 12.9. The third-order valence-electron chi connectivity index (χ3n) is 15.9. The summed E-state index contributed by atoms with van der Waals surface area (Å²) in [5.41, 5.74) is 11.5. The minimum Gasteiger partial charge on any atom is -0.377 e. The number of hydrogen-bond donors (Lipinski definition) is 2. The van der Waals surface area contributed by atoms with Crippen LogP contribution in [0, 0.1) is 0 Å². The van der Waals surface area contributed by atoms with Crippen LogP contribution < -0.4 is 10.6 Å². The average Bonchev–Trinajstić information content (AvgIpc) is 4.37. The summed E-state index contributed by atoms with van der Waals surface area (Å²) in [7, 11) is 0. The number of pyridine rings is 4. The molecule has 2 aliphatic carbocycles. The van der Waals surface area contributed by atoms with Crippen LogP contribution in [0.1, 0.15) is 206 Å². The fourth-order valence-corrected chi connectivity index (χ4v) is 11.4. The maximum Gasteiger partial charge on any atom is 0.151 e. The summed E-state index contributed by atoms with van der Waals surface area (Å²) < 4.78 is 24.5. The number of ketones is 2. The molecule has 14 nitrogen and oxygen atoms in total. The summed E-state index contributed by atoms with van der Waals surface area (Å²) in [6, 6.07) is 12.6. The summed E-state index contributed by atoms with van der Waals surface area (Å²) >= 11 is 0. The van der Waals surface area contributed by atoms with Crippen LogP contribution in [0.2, 0.25) is 0 Å². The maximum absolute atomic E-state index is 12.9. The van der Waals surface area contributed by atoms with E-state index in [2.05, 4.69) is 56.8 Å². The van der Waals surface area contributed by atoms with Crippen molar-refractivity contribution in [2.75, 3.05) is 63.1 Å². The second kappa shape index (κ2) is 28.4. The Bertz CT molecular complexity index is 2370. The second-order valence-corrected chi connectivity index (χ2v) is 23.1. The Morgan fingerprint density at radius 2 is 1.04 bits per heavy atom. The molecule has 4 fully saturated rings. The van der Waals surface area contributed by atoms with Crippen LogP contribution >= 0.6 is 0 Å². The van der Waals surface area contributed by atoms with E-state index >= 15 is 0 Å². The lowest BCUT2D eigenvalue weighted by Crippen LogP contribution is -2.33. The minimum atomic E-state index is -0.293. The zero-order valence-corrected chi connectivity index (χ0v) is 46.8. The van der Waals surface area contributed by atoms with Gasteiger partial charge in [0, 0.05) is 111 Å². The van der Waals surface area contributed by atoms with Crippen molar-refractivity contribution in [2.24, 2.45) is 0 Å². The van der Waals surface area contributed by atoms with Crippen molar-refractivity contribution in [3.8, 4) is 0 Å². The van der Waals surface area contributed by atoms with Crippen LogP contribution in [0.4, 0.5) is 11.6 Å². The van der Waals surface area contributed by atoms with Crippen molar-refractivity contribution < 1.29 is 28.5 Å². The quantitative estimate of drug-likeness (QED) is 0.0574. The van der Waals surface area contributed by atoms with Crippen LogP contribution in [-0.2, 0) is 67.4 Å². The Labute approximate surface area is 461 Å². The Morgan fingerprint density at radius 3 is 1.43 bits per heavy atom. The van der Waals surface area contributed by atoms with E-state index < -0.39 is 0 Å². The van der Waals surface area contributed by atoms with Gasteiger partial charge in [0.05, 0.1) is 49.7 Å². The number of hydrogen-bond acceptors (Lipinski definition) is 14. The lowest BCUT2D eigenvalue weighted by Gasteiger charge is -2.28. The standard InChI is InChI=1S/2C31H44N4O3.CH4/c2*1-21(2)38-20-25-17-29(23-9-10-23)33-18-28(25)30(22(3)36)35-15-13-27(19-35)37-16-5-4-8-26-12-11-24-7-6-14-32-31(24)34-26;/h2*11-12,17-18,21,23,27,30H,4-10,13-16,19-20H2,1-3H3,(H,32,34);1H4/t27-,30+;27-,30-;/m11./s1. The first kappa shape index (κ1) is 58.4. The molecule has 4 aromatic rings. The summed E-state index contributed by atoms with van der Waals surface area (Å²) in [4.78, 5) is 49.6. The molecule has 10 rings (SSSR count). The number of fused-ring (bicyclic) bond motifs is 2. The van der Waals surface area contributed by atoms with Crippen LogP contribution in [-0.4, -0.2) is 118 Å². The molecule has 4 aliphatic heterocycles. The van der Waals surface area contributed by atoms with Crippen molar-refractivity contribution in [3.05, 3.63) is 105 Å². The lowest BCUT2D eigenvalue weighted by atomic mass is 9.97. The number of aryl methyl sites for hydroxylation is 4. The number of aromatic nitrogens is 4. The Balaban J connectivity index is 0.000000201. The number of anilines is 2. The number of nitrogens with one attached hydrogen (secondary N) is 2. The van der Waals surface area contributed by atoms with Crippen molar-refractivity contribution in [1.82, 2.24) is 29.7 Å². The van der Waals surface area contributed by atoms with E-state index in [9.17, 15) is 9.59 Å². The smallest absolute Gasteiger partial charge is 0.151 e. The summed E-state index contributed by atoms with van der Waals surface area (Å²) in [5.74, 6) is 3.61. The third kappa shape index (κ3) is 16.7. The van der Waals surface area contributed by atoms with Gasteiger partial charge in [-0.1, -0.05) is 19.6 Å². The molecular formula is C63H92N8O6. The first-order chi connectivity index (χ1) is 36.9. The molecule has 0 spiro atoms. The summed E-state index contributed by atoms with van der Waals surface area (Å²) in [6.07, 6.45) is 22.0. The van der Waals surface area contributed by atoms with Gasteiger partial charge in [0.2, 0.25) is 0 Å². The highest BCUT2D eigenvalue weighted by Gasteiger charge is 2.37. The van der Waals surface area contributed by atoms with Gasteiger partial charge < -0.3 is 29.6 Å². The molecule has 0 radical (unpaired) electrons. The van der Waals surface area contributed by atoms with Crippen LogP contribution in [0.15, 0.2) is 48.8 Å². The predicted molar refractivity (Wildman–Crippen MR) is 306 cm³/mol. The van der Waals surface area contributed by atoms with Crippen molar-refractivity contribution in [2.45, 2.75) is 213 Å². The molecule has 6 aliphatic rings. The molecule has 0 amide bonds. The normalized spacial score (nSPS) is 20.1. The number of unbranched alkanes of at least 4 members (excludes halogenated alkanes) is 2. The van der Waals surface area contributed by atoms with Gasteiger partial charge >= 0.3 is 0 Å². The monoisotopic (exact) mass is 1060 g/mol. The number of nitrogens with zero attached hydrogens (tertiary/aromatic N) is 6. The highest BCUT2D eigenvalue weighted by Crippen LogP contribution is 2.42. The number of Topliss-reactive ketones (excluding diaryl/α,β-unsaturated/α-hetero) is 2. The zero-order chi connectivity index (χ0) is 53.0. The molecule has 4 aromatic heterocycles. The van der Waals surface area contributed by atoms with E-state index in [1.54, 1.807) is 13.8 Å². The number of ether oxygens (including phenoxy) is 4. The van der Waals surface area contributed by atoms with Gasteiger partial charge in [0.25, 0.3) is 0 Å². The predicted octanol–water partition coefficient (Wildman–Crippen LogP) is 11.4. The minimum absolute atomic E-state index is 0. The van der Waals surface area contributed by atoms with Gasteiger partial charge in [-0.15, -0.1) is 0 Å². The molecule has 0 bridgehead atoms. The second-order valence-electron chi connectivity index (χ2n) is 23.1. The van der Waals surface area contributed by atoms with E-state index in [1.807, 2.05) is 40.1 Å². The van der Waals surface area contributed by atoms with Crippen LogP contribution in [0.5, 0.6) is 0 Å². The molecule has 8 heterocycles. The van der Waals surface area contributed by atoms with E-state index in [4.69, 9.17) is 38.9 Å². The topological polar surface area (TPSA) is 153 Å². The summed E-state index contributed by atoms with van der Waals surface area (Å²) in [5, 5.41) is 6.85. The molecule has 2 saturated carbocycles. The lowest BCUT2D eigenvalue weighted by molar-refractivity contribution is -0.123. The molecule has 14 heteroatoms. The molecule has 0 unspecified atom stereocenters. The Hall–Kier alpha value is -4.70. The highest BCUT2D eigenvalue weighted by molar-refractivity contribution is 5.84. The fraction of sp³-hybridized carbons (Fsp3) is 0.651. The van der Waals surface area contributed by atoms with Gasteiger partial charge in [0.15, 0.2) is 11.6 Å². The number of carbonyl (C=O) groups excluding carboxylic acids is 2. The van der Waals surface area contributed by atoms with Gasteiger partial charge in [0.1, 0.15) is 11.6 Å². The van der Waals surface area contributed by atoms with Crippen LogP contribution in [0.25, 0.3) is 0 Å². The van der Waals surface area contributed by atoms with Gasteiger partial charge in [-0.2, -0.15) is 0 Å². The Morgan fingerprint density at radius 1 is 0.610 bits per heavy atom. The molecule has 2 N–H and O–H groups in total. The molecular weight excluding hydrogens is 965 g/mol. The molecule has 420 valence electrons. The first-order valence-electron chi connectivity index (χ1n) is 29.3. The van der Waals surface area contributed by atoms with E-state index in [0.717, 1.165) is 173 Å². The first-order valence-corrected chi connectivity index (χ1v) is 29.3. The SMILES string of the molecule is C.CC(=O)[C@@H](c1cnc(C2CC2)cc1COC(C)C)N1CC[C@@H](OCCCCc2ccc3c(n2)NCCC3)C1.CC(=O)[C@H](c1cnc(C2CC2)cc1COC(C)C)N1CC[C@@H](OCCCCc2ccc3c(n2)NCCC3)C1. The van der Waals surface area contributed by atoms with Crippen molar-refractivity contribution in [1.29, 1.82) is 0 Å². The van der Waals surface area contributed by atoms with Crippen molar-refractivity contribution >= 4 is 23.2 Å². The van der Waals surface area contributed by atoms with Gasteiger partial charge in [-0.05, 0) is 191 Å². The number of likely N-dealkylation sites (tertiary alicyclic amines) is 2. The molecule has 0 aromatic carbocycles. The van der Waals surface area contributed by atoms with Crippen molar-refractivity contribution in [3.63, 3.8) is 0 Å². The van der Waals surface area contributed by atoms with E-state index in [0.29, 0.717) is 25.0 Å². The molecule has 77 heavy (non-hydrogen) atoms. The molecule has 4 atom stereocenters. The number of carbonyl (C=O) groups is 2. The zero-order valence-electron chi connectivity index (χ0n) is 46.8. The van der Waals surface area contributed by atoms with E-state index in [1.165, 1.54) is 49.7 Å². The van der Waals surface area contributed by atoms with Crippen LogP contribution in [0.3, 0.4) is 0 Å². The fourth-order valence-electron chi connectivity index (χ4n) is 11.4. The third-order valence-corrected chi connectivity index (χ3v) is 15.9. The molecule has 2 saturated heterocycles. The van der Waals surface area contributed by atoms with E-state index in [-0.39, 0.29) is 55.5 Å². The largest absolute Gasteiger partial charge is 0.377 e.